The fourth-order valence-electron chi connectivity index (χ4n) is 1.19. The molecule has 12 heavy (non-hydrogen) atoms. The van der Waals surface area contributed by atoms with Gasteiger partial charge >= 0.3 is 0 Å². The largest absolute Gasteiger partial charge is 0.378 e. The maximum absolute atomic E-state index is 10.6. The van der Waals surface area contributed by atoms with E-state index in [1.807, 2.05) is 13.8 Å². The molecule has 0 rings (SSSR count). The summed E-state index contributed by atoms with van der Waals surface area (Å²) in [5.74, 6) is -0.0194. The fourth-order valence-corrected chi connectivity index (χ4v) is 1.19. The molecule has 0 saturated carbocycles. The van der Waals surface area contributed by atoms with Crippen LogP contribution in [0, 0.1) is 5.92 Å². The topological polar surface area (TPSA) is 26.3 Å². The summed E-state index contributed by atoms with van der Waals surface area (Å²) >= 11 is 0. The van der Waals surface area contributed by atoms with Crippen molar-refractivity contribution >= 4 is 6.29 Å². The molecule has 0 bridgehead atoms. The Morgan fingerprint density at radius 2 is 2.17 bits per heavy atom. The summed E-state index contributed by atoms with van der Waals surface area (Å²) in [4.78, 5) is 10.6. The fraction of sp³-hybridized carbons (Fsp3) is 0.900. The summed E-state index contributed by atoms with van der Waals surface area (Å²) in [5, 5.41) is 0. The van der Waals surface area contributed by atoms with E-state index in [1.165, 1.54) is 0 Å². The minimum absolute atomic E-state index is 0.0194. The predicted octanol–water partition coefficient (Wildman–Crippen LogP) is 2.42. The number of carbonyl (C=O) groups is 1. The van der Waals surface area contributed by atoms with Crippen LogP contribution in [0.1, 0.15) is 40.0 Å². The monoisotopic (exact) mass is 172 g/mol. The van der Waals surface area contributed by atoms with Crippen molar-refractivity contribution in [1.29, 1.82) is 0 Å². The Balaban J connectivity index is 4.12. The summed E-state index contributed by atoms with van der Waals surface area (Å²) in [6.45, 7) is 6.05. The van der Waals surface area contributed by atoms with Crippen LogP contribution in [0.25, 0.3) is 0 Å². The minimum Gasteiger partial charge on any atom is -0.378 e. The molecule has 0 saturated heterocycles. The first kappa shape index (κ1) is 11.6. The van der Waals surface area contributed by atoms with Gasteiger partial charge in [-0.15, -0.1) is 0 Å². The van der Waals surface area contributed by atoms with Crippen LogP contribution in [-0.4, -0.2) is 19.0 Å². The van der Waals surface area contributed by atoms with Gasteiger partial charge in [0.25, 0.3) is 0 Å². The van der Waals surface area contributed by atoms with Crippen molar-refractivity contribution in [1.82, 2.24) is 0 Å². The molecule has 0 radical (unpaired) electrons. The summed E-state index contributed by atoms with van der Waals surface area (Å²) in [6.07, 6.45) is 4.19. The first-order valence-corrected chi connectivity index (χ1v) is 4.61. The SMILES string of the molecule is CCCCC(C)(OC)C(C)C=O. The van der Waals surface area contributed by atoms with Crippen LogP contribution in [0.4, 0.5) is 0 Å². The Hall–Kier alpha value is -0.370. The molecule has 0 aliphatic heterocycles. The third-order valence-corrected chi connectivity index (χ3v) is 2.66. The lowest BCUT2D eigenvalue weighted by atomic mass is 9.87. The zero-order valence-corrected chi connectivity index (χ0v) is 8.59. The predicted molar refractivity (Wildman–Crippen MR) is 50.2 cm³/mol. The van der Waals surface area contributed by atoms with Gasteiger partial charge in [0.15, 0.2) is 0 Å². The highest BCUT2D eigenvalue weighted by Gasteiger charge is 2.29. The summed E-state index contributed by atoms with van der Waals surface area (Å²) in [7, 11) is 1.68. The van der Waals surface area contributed by atoms with Crippen LogP contribution < -0.4 is 0 Å². The summed E-state index contributed by atoms with van der Waals surface area (Å²) < 4.78 is 5.36. The molecule has 0 N–H and O–H groups in total. The van der Waals surface area contributed by atoms with Crippen LogP contribution >= 0.6 is 0 Å². The van der Waals surface area contributed by atoms with Gasteiger partial charge < -0.3 is 9.53 Å². The van der Waals surface area contributed by atoms with Crippen LogP contribution in [0.3, 0.4) is 0 Å². The second-order valence-electron chi connectivity index (χ2n) is 3.55. The molecule has 0 aromatic rings. The molecule has 0 heterocycles. The van der Waals surface area contributed by atoms with Gasteiger partial charge in [-0.25, -0.2) is 0 Å². The number of hydrogen-bond acceptors (Lipinski definition) is 2. The Morgan fingerprint density at radius 1 is 1.58 bits per heavy atom. The molecule has 0 aliphatic rings. The first-order valence-electron chi connectivity index (χ1n) is 4.61. The summed E-state index contributed by atoms with van der Waals surface area (Å²) in [5.41, 5.74) is -0.266. The number of aldehydes is 1. The third kappa shape index (κ3) is 2.94. The molecule has 2 atom stereocenters. The molecular formula is C10H20O2. The second-order valence-corrected chi connectivity index (χ2v) is 3.55. The van der Waals surface area contributed by atoms with Gasteiger partial charge in [0.1, 0.15) is 6.29 Å². The van der Waals surface area contributed by atoms with E-state index in [2.05, 4.69) is 6.92 Å². The first-order chi connectivity index (χ1) is 5.60. The number of hydrogen-bond donors (Lipinski definition) is 0. The average molecular weight is 172 g/mol. The third-order valence-electron chi connectivity index (χ3n) is 2.66. The molecule has 0 aliphatic carbocycles. The quantitative estimate of drug-likeness (QED) is 0.575. The lowest BCUT2D eigenvalue weighted by Gasteiger charge is -2.31. The number of rotatable bonds is 6. The zero-order chi connectivity index (χ0) is 9.61. The molecule has 2 unspecified atom stereocenters. The summed E-state index contributed by atoms with van der Waals surface area (Å²) in [6, 6.07) is 0. The van der Waals surface area contributed by atoms with Crippen molar-refractivity contribution in [2.24, 2.45) is 5.92 Å². The van der Waals surface area contributed by atoms with Gasteiger partial charge in [-0.1, -0.05) is 26.7 Å². The van der Waals surface area contributed by atoms with E-state index in [-0.39, 0.29) is 11.5 Å². The van der Waals surface area contributed by atoms with Crippen molar-refractivity contribution in [3.05, 3.63) is 0 Å². The minimum atomic E-state index is -0.266. The molecule has 2 nitrogen and oxygen atoms in total. The van der Waals surface area contributed by atoms with E-state index in [4.69, 9.17) is 4.74 Å². The highest BCUT2D eigenvalue weighted by molar-refractivity contribution is 5.54. The Morgan fingerprint density at radius 3 is 2.50 bits per heavy atom. The smallest absolute Gasteiger partial charge is 0.125 e. The maximum atomic E-state index is 10.6. The normalized spacial score (nSPS) is 18.3. The highest BCUT2D eigenvalue weighted by Crippen LogP contribution is 2.25. The van der Waals surface area contributed by atoms with Crippen LogP contribution in [0.2, 0.25) is 0 Å². The van der Waals surface area contributed by atoms with E-state index in [0.717, 1.165) is 25.5 Å². The highest BCUT2D eigenvalue weighted by atomic mass is 16.5. The van der Waals surface area contributed by atoms with E-state index < -0.39 is 0 Å². The molecule has 0 spiro atoms. The Bertz CT molecular complexity index is 134. The van der Waals surface area contributed by atoms with E-state index in [0.29, 0.717) is 0 Å². The van der Waals surface area contributed by atoms with Crippen molar-refractivity contribution in [2.75, 3.05) is 7.11 Å². The maximum Gasteiger partial charge on any atom is 0.125 e. The van der Waals surface area contributed by atoms with E-state index in [1.54, 1.807) is 7.11 Å². The number of unbranched alkanes of at least 4 members (excludes halogenated alkanes) is 1. The van der Waals surface area contributed by atoms with Gasteiger partial charge in [-0.3, -0.25) is 0 Å². The number of carbonyl (C=O) groups excluding carboxylic acids is 1. The Kier molecular flexibility index (Phi) is 5.14. The van der Waals surface area contributed by atoms with Crippen molar-refractivity contribution < 1.29 is 9.53 Å². The molecule has 72 valence electrons. The molecule has 2 heteroatoms. The van der Waals surface area contributed by atoms with E-state index >= 15 is 0 Å². The molecule has 0 aromatic heterocycles. The standard InChI is InChI=1S/C10H20O2/c1-5-6-7-10(3,12-4)9(2)8-11/h8-9H,5-7H2,1-4H3. The molecule has 0 amide bonds. The Labute approximate surface area is 75.3 Å². The van der Waals surface area contributed by atoms with E-state index in [9.17, 15) is 4.79 Å². The lowest BCUT2D eigenvalue weighted by Crippen LogP contribution is -2.36. The van der Waals surface area contributed by atoms with Gasteiger partial charge in [0.2, 0.25) is 0 Å². The van der Waals surface area contributed by atoms with Crippen LogP contribution in [0.5, 0.6) is 0 Å². The zero-order valence-electron chi connectivity index (χ0n) is 8.59. The van der Waals surface area contributed by atoms with Gasteiger partial charge in [0, 0.05) is 13.0 Å². The van der Waals surface area contributed by atoms with Crippen molar-refractivity contribution in [2.45, 2.75) is 45.6 Å². The second kappa shape index (κ2) is 5.31. The lowest BCUT2D eigenvalue weighted by molar-refractivity contribution is -0.121. The number of methoxy groups -OCH3 is 1. The molecular weight excluding hydrogens is 152 g/mol. The molecule has 0 aromatic carbocycles. The van der Waals surface area contributed by atoms with Crippen molar-refractivity contribution in [3.63, 3.8) is 0 Å². The van der Waals surface area contributed by atoms with Gasteiger partial charge in [-0.05, 0) is 13.3 Å². The van der Waals surface area contributed by atoms with Crippen molar-refractivity contribution in [3.8, 4) is 0 Å². The van der Waals surface area contributed by atoms with Crippen LogP contribution in [0.15, 0.2) is 0 Å². The average Bonchev–Trinajstić information content (AvgIpc) is 2.12. The van der Waals surface area contributed by atoms with Crippen LogP contribution in [-0.2, 0) is 9.53 Å². The number of ether oxygens (including phenoxy) is 1. The van der Waals surface area contributed by atoms with Gasteiger partial charge in [-0.2, -0.15) is 0 Å². The van der Waals surface area contributed by atoms with Gasteiger partial charge in [0.05, 0.1) is 5.60 Å². The molecule has 0 fully saturated rings.